The maximum atomic E-state index is 12.8. The minimum Gasteiger partial charge on any atom is -0.484 e. The molecule has 2 N–H and O–H groups in total. The standard InChI is InChI=1S/C18H19FN2O4/c1-2-20-17(22)11-24-16-9-5-14(6-10-16)21-18(23)12-25-15-7-3-13(19)4-8-15/h3-10H,2,11-12H2,1H3,(H,20,22)(H,21,23). The Hall–Kier alpha value is -3.09. The smallest absolute Gasteiger partial charge is 0.262 e. The number of ether oxygens (including phenoxy) is 2. The predicted molar refractivity (Wildman–Crippen MR) is 91.1 cm³/mol. The number of halogens is 1. The largest absolute Gasteiger partial charge is 0.484 e. The van der Waals surface area contributed by atoms with E-state index in [1.807, 2.05) is 6.92 Å². The fourth-order valence-electron chi connectivity index (χ4n) is 1.91. The summed E-state index contributed by atoms with van der Waals surface area (Å²) in [7, 11) is 0. The van der Waals surface area contributed by atoms with Gasteiger partial charge in [-0.3, -0.25) is 9.59 Å². The van der Waals surface area contributed by atoms with Crippen molar-refractivity contribution < 1.29 is 23.5 Å². The Labute approximate surface area is 144 Å². The van der Waals surface area contributed by atoms with Crippen LogP contribution in [0.25, 0.3) is 0 Å². The Balaban J connectivity index is 1.77. The zero-order valence-electron chi connectivity index (χ0n) is 13.8. The Bertz CT molecular complexity index is 702. The lowest BCUT2D eigenvalue weighted by Crippen LogP contribution is -2.28. The maximum absolute atomic E-state index is 12.8. The first kappa shape index (κ1) is 18.3. The zero-order chi connectivity index (χ0) is 18.1. The molecule has 0 radical (unpaired) electrons. The molecular formula is C18H19FN2O4. The van der Waals surface area contributed by atoms with E-state index in [4.69, 9.17) is 9.47 Å². The van der Waals surface area contributed by atoms with Gasteiger partial charge in [-0.25, -0.2) is 4.39 Å². The van der Waals surface area contributed by atoms with Gasteiger partial charge in [-0.05, 0) is 55.5 Å². The van der Waals surface area contributed by atoms with Crippen molar-refractivity contribution in [1.82, 2.24) is 5.32 Å². The van der Waals surface area contributed by atoms with Crippen LogP contribution in [0.1, 0.15) is 6.92 Å². The molecule has 0 atom stereocenters. The van der Waals surface area contributed by atoms with Crippen molar-refractivity contribution in [2.24, 2.45) is 0 Å². The Morgan fingerprint density at radius 3 is 1.96 bits per heavy atom. The Kier molecular flexibility index (Phi) is 6.76. The molecule has 25 heavy (non-hydrogen) atoms. The minimum absolute atomic E-state index is 0.0644. The van der Waals surface area contributed by atoms with Gasteiger partial charge in [0, 0.05) is 12.2 Å². The van der Waals surface area contributed by atoms with E-state index in [0.717, 1.165) is 0 Å². The second-order valence-corrected chi connectivity index (χ2v) is 5.06. The number of amides is 2. The summed E-state index contributed by atoms with van der Waals surface area (Å²) < 4.78 is 23.3. The summed E-state index contributed by atoms with van der Waals surface area (Å²) >= 11 is 0. The summed E-state index contributed by atoms with van der Waals surface area (Å²) in [4.78, 5) is 23.1. The van der Waals surface area contributed by atoms with Crippen LogP contribution in [-0.4, -0.2) is 31.6 Å². The van der Waals surface area contributed by atoms with E-state index < -0.39 is 0 Å². The van der Waals surface area contributed by atoms with Gasteiger partial charge < -0.3 is 20.1 Å². The second kappa shape index (κ2) is 9.27. The van der Waals surface area contributed by atoms with E-state index in [1.54, 1.807) is 24.3 Å². The van der Waals surface area contributed by atoms with Gasteiger partial charge in [0.2, 0.25) is 0 Å². The molecule has 0 aliphatic heterocycles. The zero-order valence-corrected chi connectivity index (χ0v) is 13.8. The third-order valence-electron chi connectivity index (χ3n) is 3.07. The highest BCUT2D eigenvalue weighted by atomic mass is 19.1. The molecule has 2 rings (SSSR count). The summed E-state index contributed by atoms with van der Waals surface area (Å²) in [6.45, 7) is 2.12. The summed E-state index contributed by atoms with van der Waals surface area (Å²) in [5.41, 5.74) is 0.568. The minimum atomic E-state index is -0.369. The number of hydrogen-bond donors (Lipinski definition) is 2. The number of carbonyl (C=O) groups is 2. The van der Waals surface area contributed by atoms with E-state index >= 15 is 0 Å². The van der Waals surface area contributed by atoms with Gasteiger partial charge in [0.25, 0.3) is 11.8 Å². The van der Waals surface area contributed by atoms with Crippen molar-refractivity contribution in [3.63, 3.8) is 0 Å². The van der Waals surface area contributed by atoms with Gasteiger partial charge in [0.15, 0.2) is 13.2 Å². The van der Waals surface area contributed by atoms with Crippen molar-refractivity contribution in [2.75, 3.05) is 25.1 Å². The summed E-state index contributed by atoms with van der Waals surface area (Å²) in [5.74, 6) is 0.0156. The summed E-state index contributed by atoms with van der Waals surface area (Å²) in [6, 6.07) is 12.0. The average Bonchev–Trinajstić information content (AvgIpc) is 2.61. The number of nitrogens with one attached hydrogen (secondary N) is 2. The van der Waals surface area contributed by atoms with E-state index in [9.17, 15) is 14.0 Å². The highest BCUT2D eigenvalue weighted by Crippen LogP contribution is 2.16. The van der Waals surface area contributed by atoms with Crippen molar-refractivity contribution in [2.45, 2.75) is 6.92 Å². The third kappa shape index (κ3) is 6.50. The van der Waals surface area contributed by atoms with Gasteiger partial charge in [0.1, 0.15) is 17.3 Å². The topological polar surface area (TPSA) is 76.7 Å². The quantitative estimate of drug-likeness (QED) is 0.769. The van der Waals surface area contributed by atoms with Gasteiger partial charge in [-0.1, -0.05) is 0 Å². The first-order chi connectivity index (χ1) is 12.1. The van der Waals surface area contributed by atoms with E-state index in [1.165, 1.54) is 24.3 Å². The van der Waals surface area contributed by atoms with Crippen LogP contribution in [0.15, 0.2) is 48.5 Å². The molecule has 0 saturated heterocycles. The lowest BCUT2D eigenvalue weighted by atomic mass is 10.3. The number of hydrogen-bond acceptors (Lipinski definition) is 4. The highest BCUT2D eigenvalue weighted by Gasteiger charge is 2.05. The van der Waals surface area contributed by atoms with Crippen molar-refractivity contribution in [3.05, 3.63) is 54.3 Å². The van der Waals surface area contributed by atoms with E-state index in [-0.39, 0.29) is 30.8 Å². The molecule has 7 heteroatoms. The molecule has 0 heterocycles. The number of benzene rings is 2. The maximum Gasteiger partial charge on any atom is 0.262 e. The fourth-order valence-corrected chi connectivity index (χ4v) is 1.91. The lowest BCUT2D eigenvalue weighted by molar-refractivity contribution is -0.123. The molecule has 0 unspecified atom stereocenters. The lowest BCUT2D eigenvalue weighted by Gasteiger charge is -2.09. The number of carbonyl (C=O) groups excluding carboxylic acids is 2. The van der Waals surface area contributed by atoms with Crippen LogP contribution in [0.2, 0.25) is 0 Å². The normalized spacial score (nSPS) is 10.0. The van der Waals surface area contributed by atoms with E-state index in [0.29, 0.717) is 23.7 Å². The number of rotatable bonds is 8. The molecule has 2 aromatic carbocycles. The van der Waals surface area contributed by atoms with Crippen molar-refractivity contribution in [1.29, 1.82) is 0 Å². The van der Waals surface area contributed by atoms with Crippen molar-refractivity contribution >= 4 is 17.5 Å². The first-order valence-corrected chi connectivity index (χ1v) is 7.74. The molecule has 0 aliphatic rings. The average molecular weight is 346 g/mol. The fraction of sp³-hybridized carbons (Fsp3) is 0.222. The summed E-state index contributed by atoms with van der Waals surface area (Å²) in [5, 5.41) is 5.29. The molecule has 0 aromatic heterocycles. The molecule has 2 amide bonds. The van der Waals surface area contributed by atoms with Gasteiger partial charge in [-0.2, -0.15) is 0 Å². The molecular weight excluding hydrogens is 327 g/mol. The van der Waals surface area contributed by atoms with Gasteiger partial charge in [0.05, 0.1) is 0 Å². The molecule has 2 aromatic rings. The molecule has 0 spiro atoms. The molecule has 132 valence electrons. The van der Waals surface area contributed by atoms with Gasteiger partial charge in [-0.15, -0.1) is 0 Å². The molecule has 0 bridgehead atoms. The first-order valence-electron chi connectivity index (χ1n) is 7.74. The predicted octanol–water partition coefficient (Wildman–Crippen LogP) is 2.36. The SMILES string of the molecule is CCNC(=O)COc1ccc(NC(=O)COc2ccc(F)cc2)cc1. The monoisotopic (exact) mass is 346 g/mol. The Morgan fingerprint density at radius 1 is 0.880 bits per heavy atom. The van der Waals surface area contributed by atoms with Crippen LogP contribution in [0.3, 0.4) is 0 Å². The van der Waals surface area contributed by atoms with Crippen LogP contribution >= 0.6 is 0 Å². The molecule has 0 aliphatic carbocycles. The van der Waals surface area contributed by atoms with Crippen LogP contribution in [0.4, 0.5) is 10.1 Å². The third-order valence-corrected chi connectivity index (χ3v) is 3.07. The van der Waals surface area contributed by atoms with Crippen LogP contribution in [-0.2, 0) is 9.59 Å². The summed E-state index contributed by atoms with van der Waals surface area (Å²) in [6.07, 6.45) is 0. The molecule has 0 saturated carbocycles. The number of likely N-dealkylation sites (N-methyl/N-ethyl adjacent to an activating group) is 1. The number of anilines is 1. The van der Waals surface area contributed by atoms with Crippen LogP contribution in [0, 0.1) is 5.82 Å². The van der Waals surface area contributed by atoms with Crippen LogP contribution in [0.5, 0.6) is 11.5 Å². The van der Waals surface area contributed by atoms with Gasteiger partial charge >= 0.3 is 0 Å². The molecule has 0 fully saturated rings. The van der Waals surface area contributed by atoms with Crippen molar-refractivity contribution in [3.8, 4) is 11.5 Å². The van der Waals surface area contributed by atoms with Crippen LogP contribution < -0.4 is 20.1 Å². The Morgan fingerprint density at radius 2 is 1.40 bits per heavy atom. The van der Waals surface area contributed by atoms with E-state index in [2.05, 4.69) is 10.6 Å². The second-order valence-electron chi connectivity index (χ2n) is 5.06. The highest BCUT2D eigenvalue weighted by molar-refractivity contribution is 5.91. The molecule has 6 nitrogen and oxygen atoms in total.